The van der Waals surface area contributed by atoms with E-state index in [-0.39, 0.29) is 11.8 Å². The number of nitrogens with zero attached hydrogens (tertiary/aromatic N) is 3. The highest BCUT2D eigenvalue weighted by molar-refractivity contribution is 5.79. The highest BCUT2D eigenvalue weighted by Crippen LogP contribution is 2.27. The molecule has 26 heavy (non-hydrogen) atoms. The summed E-state index contributed by atoms with van der Waals surface area (Å²) in [7, 11) is 0. The second kappa shape index (κ2) is 7.86. The molecular weight excluding hydrogens is 330 g/mol. The second-order valence-corrected chi connectivity index (χ2v) is 7.56. The highest BCUT2D eigenvalue weighted by Gasteiger charge is 2.42. The number of ether oxygens (including phenoxy) is 2. The Balaban J connectivity index is 1.44. The van der Waals surface area contributed by atoms with Crippen molar-refractivity contribution in [1.82, 2.24) is 14.8 Å². The molecule has 0 radical (unpaired) electrons. The van der Waals surface area contributed by atoms with Crippen LogP contribution in [-0.4, -0.2) is 72.3 Å². The lowest BCUT2D eigenvalue weighted by Crippen LogP contribution is -2.60. The molecule has 1 aliphatic carbocycles. The summed E-state index contributed by atoms with van der Waals surface area (Å²) in [6, 6.07) is 4.06. The van der Waals surface area contributed by atoms with Gasteiger partial charge in [-0.25, -0.2) is 0 Å². The summed E-state index contributed by atoms with van der Waals surface area (Å²) in [6.45, 7) is 5.56. The molecule has 1 aromatic rings. The molecule has 1 amide bonds. The molecule has 140 valence electrons. The van der Waals surface area contributed by atoms with Crippen molar-refractivity contribution in [2.45, 2.75) is 25.0 Å². The lowest BCUT2D eigenvalue weighted by Gasteiger charge is -2.44. The van der Waals surface area contributed by atoms with Crippen LogP contribution in [0.4, 0.5) is 0 Å². The molecule has 1 atom stereocenters. The van der Waals surface area contributed by atoms with E-state index in [0.29, 0.717) is 32.9 Å². The van der Waals surface area contributed by atoms with E-state index in [4.69, 9.17) is 9.47 Å². The maximum atomic E-state index is 12.9. The molecule has 3 heterocycles. The van der Waals surface area contributed by atoms with E-state index in [1.54, 1.807) is 6.20 Å². The number of morpholine rings is 1. The van der Waals surface area contributed by atoms with Crippen LogP contribution in [0.15, 0.2) is 36.7 Å². The van der Waals surface area contributed by atoms with E-state index in [1.165, 1.54) is 5.56 Å². The Hall–Kier alpha value is -1.76. The fourth-order valence-corrected chi connectivity index (χ4v) is 4.16. The first-order valence-electron chi connectivity index (χ1n) is 9.51. The number of pyridine rings is 1. The molecular formula is C20H27N3O3. The van der Waals surface area contributed by atoms with Gasteiger partial charge >= 0.3 is 0 Å². The first-order chi connectivity index (χ1) is 12.7. The van der Waals surface area contributed by atoms with Crippen molar-refractivity contribution < 1.29 is 14.3 Å². The zero-order valence-electron chi connectivity index (χ0n) is 15.2. The molecule has 2 fully saturated rings. The Morgan fingerprint density at radius 2 is 2.12 bits per heavy atom. The zero-order chi connectivity index (χ0) is 17.8. The van der Waals surface area contributed by atoms with Gasteiger partial charge in [0, 0.05) is 44.5 Å². The first-order valence-corrected chi connectivity index (χ1v) is 9.51. The van der Waals surface area contributed by atoms with Gasteiger partial charge in [-0.05, 0) is 24.5 Å². The number of carbonyl (C=O) groups is 1. The zero-order valence-corrected chi connectivity index (χ0v) is 15.2. The van der Waals surface area contributed by atoms with Crippen molar-refractivity contribution in [3.63, 3.8) is 0 Å². The van der Waals surface area contributed by atoms with Crippen LogP contribution in [0, 0.1) is 5.92 Å². The molecule has 6 nitrogen and oxygen atoms in total. The minimum atomic E-state index is -0.432. The molecule has 0 N–H and O–H groups in total. The summed E-state index contributed by atoms with van der Waals surface area (Å²) in [5.74, 6) is 0.379. The monoisotopic (exact) mass is 357 g/mol. The van der Waals surface area contributed by atoms with Crippen LogP contribution < -0.4 is 0 Å². The Kier molecular flexibility index (Phi) is 5.33. The van der Waals surface area contributed by atoms with Crippen LogP contribution in [-0.2, 0) is 20.8 Å². The summed E-state index contributed by atoms with van der Waals surface area (Å²) >= 11 is 0. The van der Waals surface area contributed by atoms with Gasteiger partial charge in [-0.15, -0.1) is 0 Å². The Labute approximate surface area is 154 Å². The molecule has 4 rings (SSSR count). The van der Waals surface area contributed by atoms with Gasteiger partial charge < -0.3 is 14.4 Å². The summed E-state index contributed by atoms with van der Waals surface area (Å²) in [5.41, 5.74) is 0.754. The SMILES string of the molecule is O=C(C1CC=CC1)N1CCOC2(COCCN(Cc3cccnc3)C2)C1. The van der Waals surface area contributed by atoms with Crippen molar-refractivity contribution in [2.24, 2.45) is 5.92 Å². The third kappa shape index (κ3) is 3.98. The van der Waals surface area contributed by atoms with Gasteiger partial charge in [0.1, 0.15) is 5.60 Å². The maximum absolute atomic E-state index is 12.9. The predicted octanol–water partition coefficient (Wildman–Crippen LogP) is 1.48. The number of hydrogen-bond acceptors (Lipinski definition) is 5. The minimum absolute atomic E-state index is 0.114. The van der Waals surface area contributed by atoms with Crippen molar-refractivity contribution in [3.8, 4) is 0 Å². The maximum Gasteiger partial charge on any atom is 0.226 e. The van der Waals surface area contributed by atoms with Crippen LogP contribution in [0.1, 0.15) is 18.4 Å². The van der Waals surface area contributed by atoms with Crippen molar-refractivity contribution in [1.29, 1.82) is 0 Å². The molecule has 2 aliphatic heterocycles. The van der Waals surface area contributed by atoms with Crippen LogP contribution in [0.3, 0.4) is 0 Å². The Morgan fingerprint density at radius 3 is 2.92 bits per heavy atom. The average molecular weight is 357 g/mol. The largest absolute Gasteiger partial charge is 0.377 e. The number of rotatable bonds is 3. The van der Waals surface area contributed by atoms with E-state index in [2.05, 4.69) is 28.1 Å². The van der Waals surface area contributed by atoms with Crippen molar-refractivity contribution in [3.05, 3.63) is 42.2 Å². The number of aromatic nitrogens is 1. The van der Waals surface area contributed by atoms with Crippen LogP contribution in [0.2, 0.25) is 0 Å². The highest BCUT2D eigenvalue weighted by atomic mass is 16.5. The topological polar surface area (TPSA) is 54.9 Å². The number of carbonyl (C=O) groups excluding carboxylic acids is 1. The molecule has 0 aromatic carbocycles. The lowest BCUT2D eigenvalue weighted by atomic mass is 9.99. The quantitative estimate of drug-likeness (QED) is 0.767. The van der Waals surface area contributed by atoms with E-state index < -0.39 is 5.60 Å². The summed E-state index contributed by atoms with van der Waals surface area (Å²) in [6.07, 6.45) is 9.66. The standard InChI is InChI=1S/C20H27N3O3/c24-19(18-5-1-2-6-18)23-9-11-26-20(15-23)14-22(8-10-25-16-20)13-17-4-3-7-21-12-17/h1-4,7,12,18H,5-6,8-11,13-16H2. The second-order valence-electron chi connectivity index (χ2n) is 7.56. The van der Waals surface area contributed by atoms with Gasteiger partial charge in [-0.2, -0.15) is 0 Å². The molecule has 0 bridgehead atoms. The van der Waals surface area contributed by atoms with Crippen molar-refractivity contribution >= 4 is 5.91 Å². The van der Waals surface area contributed by atoms with Gasteiger partial charge in [0.25, 0.3) is 0 Å². The number of hydrogen-bond donors (Lipinski definition) is 0. The third-order valence-corrected chi connectivity index (χ3v) is 5.47. The van der Waals surface area contributed by atoms with Crippen LogP contribution in [0.5, 0.6) is 0 Å². The molecule has 6 heteroatoms. The molecule has 1 aromatic heterocycles. The third-order valence-electron chi connectivity index (χ3n) is 5.47. The smallest absolute Gasteiger partial charge is 0.226 e. The minimum Gasteiger partial charge on any atom is -0.377 e. The normalized spacial score (nSPS) is 27.8. The molecule has 2 saturated heterocycles. The predicted molar refractivity (Wildman–Crippen MR) is 97.5 cm³/mol. The fraction of sp³-hybridized carbons (Fsp3) is 0.600. The van der Waals surface area contributed by atoms with Gasteiger partial charge in [0.15, 0.2) is 0 Å². The Bertz CT molecular complexity index is 643. The first kappa shape index (κ1) is 17.6. The van der Waals surface area contributed by atoms with E-state index in [0.717, 1.165) is 32.5 Å². The van der Waals surface area contributed by atoms with Gasteiger partial charge in [-0.3, -0.25) is 14.7 Å². The molecule has 1 unspecified atom stereocenters. The molecule has 3 aliphatic rings. The summed E-state index contributed by atoms with van der Waals surface area (Å²) in [5, 5.41) is 0. The average Bonchev–Trinajstić information content (AvgIpc) is 3.14. The lowest BCUT2D eigenvalue weighted by molar-refractivity contribution is -0.164. The fourth-order valence-electron chi connectivity index (χ4n) is 4.16. The Morgan fingerprint density at radius 1 is 1.23 bits per heavy atom. The summed E-state index contributed by atoms with van der Waals surface area (Å²) in [4.78, 5) is 21.4. The van der Waals surface area contributed by atoms with Crippen molar-refractivity contribution in [2.75, 3.05) is 46.0 Å². The number of allylic oxidation sites excluding steroid dienone is 2. The molecule has 0 saturated carbocycles. The van der Waals surface area contributed by atoms with Gasteiger partial charge in [-0.1, -0.05) is 18.2 Å². The van der Waals surface area contributed by atoms with Gasteiger partial charge in [0.05, 0.1) is 26.4 Å². The van der Waals surface area contributed by atoms with E-state index in [9.17, 15) is 4.79 Å². The van der Waals surface area contributed by atoms with Crippen LogP contribution in [0.25, 0.3) is 0 Å². The van der Waals surface area contributed by atoms with E-state index >= 15 is 0 Å². The van der Waals surface area contributed by atoms with Gasteiger partial charge in [0.2, 0.25) is 5.91 Å². The van der Waals surface area contributed by atoms with E-state index in [1.807, 2.05) is 17.2 Å². The molecule has 1 spiro atoms. The summed E-state index contributed by atoms with van der Waals surface area (Å²) < 4.78 is 12.1. The number of amides is 1. The van der Waals surface area contributed by atoms with Crippen LogP contribution >= 0.6 is 0 Å².